The van der Waals surface area contributed by atoms with Crippen LogP contribution in [0.5, 0.6) is 0 Å². The number of nitrogens with one attached hydrogen (secondary N) is 2. The summed E-state index contributed by atoms with van der Waals surface area (Å²) >= 11 is 0. The summed E-state index contributed by atoms with van der Waals surface area (Å²) in [6.07, 6.45) is 0.611. The quantitative estimate of drug-likeness (QED) is 0.355. The zero-order valence-corrected chi connectivity index (χ0v) is 20.0. The average Bonchev–Trinajstić information content (AvgIpc) is 3.19. The third kappa shape index (κ3) is 5.29. The van der Waals surface area contributed by atoms with Crippen LogP contribution in [0.3, 0.4) is 0 Å². The number of carbonyl (C=O) groups excluding carboxylic acids is 1. The van der Waals surface area contributed by atoms with Crippen molar-refractivity contribution in [3.8, 4) is 0 Å². The maximum atomic E-state index is 14.8. The molecule has 1 aromatic carbocycles. The first kappa shape index (κ1) is 24.6. The Kier molecular flexibility index (Phi) is 7.34. The van der Waals surface area contributed by atoms with Crippen molar-refractivity contribution in [2.45, 2.75) is 25.0 Å². The van der Waals surface area contributed by atoms with Crippen LogP contribution in [0.2, 0.25) is 0 Å². The first-order valence-electron chi connectivity index (χ1n) is 11.3. The molecule has 0 aliphatic carbocycles. The Morgan fingerprint density at radius 2 is 2.14 bits per heavy atom. The Morgan fingerprint density at radius 3 is 2.83 bits per heavy atom. The van der Waals surface area contributed by atoms with Crippen LogP contribution in [0.15, 0.2) is 24.3 Å². The van der Waals surface area contributed by atoms with E-state index in [9.17, 15) is 9.18 Å². The predicted molar refractivity (Wildman–Crippen MR) is 133 cm³/mol. The summed E-state index contributed by atoms with van der Waals surface area (Å²) in [7, 11) is 5.47. The van der Waals surface area contributed by atoms with Gasteiger partial charge in [-0.25, -0.2) is 9.37 Å². The molecule has 0 unspecified atom stereocenters. The lowest BCUT2D eigenvalue weighted by molar-refractivity contribution is 0.0751. The van der Waals surface area contributed by atoms with Gasteiger partial charge in [0.05, 0.1) is 30.8 Å². The minimum Gasteiger partial charge on any atom is -0.383 e. The molecule has 2 aromatic heterocycles. The Morgan fingerprint density at radius 1 is 1.34 bits per heavy atom. The van der Waals surface area contributed by atoms with Crippen LogP contribution < -0.4 is 27.0 Å². The van der Waals surface area contributed by atoms with Crippen LogP contribution >= 0.6 is 0 Å². The molecule has 12 heteroatoms. The molecule has 2 atom stereocenters. The Labute approximate surface area is 202 Å². The maximum absolute atomic E-state index is 14.8. The second kappa shape index (κ2) is 10.4. The number of carbonyl (C=O) groups is 1. The summed E-state index contributed by atoms with van der Waals surface area (Å²) < 4.78 is 27.2. The van der Waals surface area contributed by atoms with Gasteiger partial charge in [-0.05, 0) is 30.7 Å². The third-order valence-corrected chi connectivity index (χ3v) is 5.89. The van der Waals surface area contributed by atoms with Crippen molar-refractivity contribution in [2.24, 2.45) is 11.5 Å². The zero-order valence-electron chi connectivity index (χ0n) is 20.0. The van der Waals surface area contributed by atoms with Gasteiger partial charge >= 0.3 is 0 Å². The zero-order chi connectivity index (χ0) is 25.1. The number of rotatable bonds is 9. The van der Waals surface area contributed by atoms with Crippen LogP contribution in [-0.4, -0.2) is 73.8 Å². The molecule has 35 heavy (non-hydrogen) atoms. The van der Waals surface area contributed by atoms with E-state index in [1.807, 2.05) is 41.9 Å². The summed E-state index contributed by atoms with van der Waals surface area (Å²) in [4.78, 5) is 18.3. The van der Waals surface area contributed by atoms with Crippen molar-refractivity contribution in [1.29, 1.82) is 0 Å². The number of anilines is 4. The van der Waals surface area contributed by atoms with Gasteiger partial charge < -0.3 is 36.5 Å². The van der Waals surface area contributed by atoms with Gasteiger partial charge in [0, 0.05) is 51.0 Å². The number of benzene rings is 1. The molecule has 6 N–H and O–H groups in total. The first-order chi connectivity index (χ1) is 16.8. The van der Waals surface area contributed by atoms with Gasteiger partial charge in [-0.3, -0.25) is 9.48 Å². The number of pyridine rings is 1. The fraction of sp³-hybridized carbons (Fsp3) is 0.435. The molecule has 4 rings (SSSR count). The number of amides is 1. The predicted octanol–water partition coefficient (Wildman–Crippen LogP) is 1.65. The molecule has 0 spiro atoms. The highest BCUT2D eigenvalue weighted by atomic mass is 19.1. The summed E-state index contributed by atoms with van der Waals surface area (Å²) in [5.41, 5.74) is 13.1. The SMILES string of the molecule is COCCn1nc(N(C)C)c2cc(Nc3nc(N[C@@H]4CCOC[C@@H]4N)c(F)cc3C(N)=O)ccc21. The molecule has 3 aromatic rings. The van der Waals surface area contributed by atoms with Gasteiger partial charge in [0.15, 0.2) is 17.5 Å². The fourth-order valence-electron chi connectivity index (χ4n) is 4.04. The van der Waals surface area contributed by atoms with E-state index in [2.05, 4.69) is 20.7 Å². The number of nitrogens with zero attached hydrogens (tertiary/aromatic N) is 4. The molecule has 1 saturated heterocycles. The number of aromatic nitrogens is 3. The number of primary amides is 1. The van der Waals surface area contributed by atoms with Crippen LogP contribution in [0.4, 0.5) is 27.5 Å². The van der Waals surface area contributed by atoms with Crippen LogP contribution in [-0.2, 0) is 16.0 Å². The third-order valence-electron chi connectivity index (χ3n) is 5.89. The van der Waals surface area contributed by atoms with Gasteiger partial charge in [-0.15, -0.1) is 0 Å². The van der Waals surface area contributed by atoms with Crippen molar-refractivity contribution < 1.29 is 18.7 Å². The lowest BCUT2D eigenvalue weighted by Crippen LogP contribution is -2.47. The van der Waals surface area contributed by atoms with E-state index in [0.29, 0.717) is 38.5 Å². The van der Waals surface area contributed by atoms with Crippen LogP contribution in [0.25, 0.3) is 10.9 Å². The van der Waals surface area contributed by atoms with E-state index < -0.39 is 11.7 Å². The van der Waals surface area contributed by atoms with Crippen molar-refractivity contribution in [2.75, 3.05) is 56.6 Å². The first-order valence-corrected chi connectivity index (χ1v) is 11.3. The highest BCUT2D eigenvalue weighted by molar-refractivity contribution is 5.99. The number of fused-ring (bicyclic) bond motifs is 1. The van der Waals surface area contributed by atoms with Crippen LogP contribution in [0.1, 0.15) is 16.8 Å². The van der Waals surface area contributed by atoms with Gasteiger partial charge in [-0.2, -0.15) is 5.10 Å². The minimum atomic E-state index is -0.796. The van der Waals surface area contributed by atoms with Crippen molar-refractivity contribution in [3.63, 3.8) is 0 Å². The standard InChI is InChI=1S/C23H31FN8O3/c1-31(2)23-14-10-13(4-5-19(14)32(30-23)7-9-34-3)27-21-15(20(26)33)11-16(24)22(29-21)28-18-6-8-35-12-17(18)25/h4-5,10-11,17-18H,6-9,12,25H2,1-3H3,(H2,26,33)(H2,27,28,29)/t17-,18+/m0/s1. The molecule has 188 valence electrons. The summed E-state index contributed by atoms with van der Waals surface area (Å²) in [6.45, 7) is 2.01. The van der Waals surface area contributed by atoms with Crippen molar-refractivity contribution in [1.82, 2.24) is 14.8 Å². The van der Waals surface area contributed by atoms with Gasteiger partial charge in [-0.1, -0.05) is 0 Å². The largest absolute Gasteiger partial charge is 0.383 e. The Hall–Kier alpha value is -3.48. The number of hydrogen-bond donors (Lipinski definition) is 4. The molecule has 1 fully saturated rings. The number of methoxy groups -OCH3 is 1. The second-order valence-corrected chi connectivity index (χ2v) is 8.65. The van der Waals surface area contributed by atoms with E-state index in [-0.39, 0.29) is 29.3 Å². The summed E-state index contributed by atoms with van der Waals surface area (Å²) in [5.74, 6) is -0.580. The molecule has 3 heterocycles. The fourth-order valence-corrected chi connectivity index (χ4v) is 4.04. The minimum absolute atomic E-state index is 0.0118. The monoisotopic (exact) mass is 486 g/mol. The van der Waals surface area contributed by atoms with Gasteiger partial charge in [0.25, 0.3) is 5.91 Å². The normalized spacial score (nSPS) is 18.0. The van der Waals surface area contributed by atoms with E-state index >= 15 is 0 Å². The smallest absolute Gasteiger partial charge is 0.252 e. The number of halogens is 1. The maximum Gasteiger partial charge on any atom is 0.252 e. The highest BCUT2D eigenvalue weighted by Gasteiger charge is 2.25. The second-order valence-electron chi connectivity index (χ2n) is 8.65. The molecule has 1 amide bonds. The molecular formula is C23H31FN8O3. The summed E-state index contributed by atoms with van der Waals surface area (Å²) in [5, 5.41) is 11.8. The van der Waals surface area contributed by atoms with Crippen molar-refractivity contribution >= 4 is 40.0 Å². The topological polar surface area (TPSA) is 146 Å². The molecule has 1 aliphatic rings. The molecular weight excluding hydrogens is 455 g/mol. The lowest BCUT2D eigenvalue weighted by atomic mass is 10.0. The molecule has 0 radical (unpaired) electrons. The lowest BCUT2D eigenvalue weighted by Gasteiger charge is -2.30. The number of nitrogens with two attached hydrogens (primary N) is 2. The molecule has 11 nitrogen and oxygen atoms in total. The Balaban J connectivity index is 1.69. The van der Waals surface area contributed by atoms with E-state index in [1.54, 1.807) is 7.11 Å². The van der Waals surface area contributed by atoms with Crippen LogP contribution in [0, 0.1) is 5.82 Å². The Bertz CT molecular complexity index is 1220. The van der Waals surface area contributed by atoms with E-state index in [4.69, 9.17) is 20.9 Å². The molecule has 1 aliphatic heterocycles. The number of hydrogen-bond acceptors (Lipinski definition) is 9. The molecule has 0 bridgehead atoms. The summed E-state index contributed by atoms with van der Waals surface area (Å²) in [6, 6.07) is 6.22. The van der Waals surface area contributed by atoms with E-state index in [1.165, 1.54) is 0 Å². The highest BCUT2D eigenvalue weighted by Crippen LogP contribution is 2.31. The van der Waals surface area contributed by atoms with Crippen molar-refractivity contribution in [3.05, 3.63) is 35.6 Å². The van der Waals surface area contributed by atoms with E-state index in [0.717, 1.165) is 22.8 Å². The average molecular weight is 487 g/mol. The molecule has 0 saturated carbocycles. The van der Waals surface area contributed by atoms with Gasteiger partial charge in [0.2, 0.25) is 0 Å². The van der Waals surface area contributed by atoms with Gasteiger partial charge in [0.1, 0.15) is 5.82 Å². The number of ether oxygens (including phenoxy) is 2.